The first-order chi connectivity index (χ1) is 15.6. The Morgan fingerprint density at radius 3 is 2.28 bits per heavy atom. The molecular weight excluding hydrogens is 420 g/mol. The molecule has 3 heterocycles. The second-order valence-electron chi connectivity index (χ2n) is 8.63. The van der Waals surface area contributed by atoms with Crippen LogP contribution in [0, 0.1) is 0 Å². The average Bonchev–Trinajstić information content (AvgIpc) is 3.47. The minimum Gasteiger partial charge on any atom is -0.463 e. The summed E-state index contributed by atoms with van der Waals surface area (Å²) in [6, 6.07) is 17.7. The third kappa shape index (κ3) is 4.82. The minimum atomic E-state index is 0.0568. The smallest absolute Gasteiger partial charge is 0.254 e. The van der Waals surface area contributed by atoms with Crippen molar-refractivity contribution in [2.45, 2.75) is 32.4 Å². The molecule has 2 aliphatic rings. The molecule has 5 rings (SSSR count). The van der Waals surface area contributed by atoms with E-state index in [1.165, 1.54) is 18.4 Å². The Bertz CT molecular complexity index is 1110. The molecule has 0 N–H and O–H groups in total. The number of benzene rings is 2. The molecule has 0 saturated carbocycles. The van der Waals surface area contributed by atoms with Crippen LogP contribution in [0.25, 0.3) is 12.2 Å². The fourth-order valence-electron chi connectivity index (χ4n) is 4.48. The zero-order chi connectivity index (χ0) is 21.9. The van der Waals surface area contributed by atoms with Crippen LogP contribution in [0.5, 0.6) is 0 Å². The molecule has 0 unspecified atom stereocenters. The number of rotatable bonds is 5. The van der Waals surface area contributed by atoms with Crippen LogP contribution in [0.2, 0.25) is 5.02 Å². The Balaban J connectivity index is 1.22. The van der Waals surface area contributed by atoms with Crippen LogP contribution < -0.4 is 0 Å². The number of hydrogen-bond donors (Lipinski definition) is 0. The van der Waals surface area contributed by atoms with Crippen LogP contribution in [0.15, 0.2) is 59.0 Å². The highest BCUT2D eigenvalue weighted by Gasteiger charge is 2.25. The molecule has 1 amide bonds. The van der Waals surface area contributed by atoms with E-state index in [-0.39, 0.29) is 5.91 Å². The summed E-state index contributed by atoms with van der Waals surface area (Å²) in [7, 11) is 0. The summed E-state index contributed by atoms with van der Waals surface area (Å²) in [5.41, 5.74) is 4.10. The summed E-state index contributed by atoms with van der Waals surface area (Å²) in [5.74, 6) is 2.03. The zero-order valence-corrected chi connectivity index (χ0v) is 18.9. The van der Waals surface area contributed by atoms with Crippen molar-refractivity contribution in [3.8, 4) is 0 Å². The SMILES string of the molecule is O=C(c1ccc(/C=C\c2ccc(Cl)cc2)cc1)N1CCc2cc(CN3CCCC3)oc2C1. The molecule has 0 radical (unpaired) electrons. The van der Waals surface area contributed by atoms with E-state index in [0.717, 1.165) is 60.3 Å². The highest BCUT2D eigenvalue weighted by atomic mass is 35.5. The Morgan fingerprint density at radius 1 is 0.938 bits per heavy atom. The number of nitrogens with zero attached hydrogens (tertiary/aromatic N) is 2. The van der Waals surface area contributed by atoms with E-state index in [4.69, 9.17) is 16.0 Å². The van der Waals surface area contributed by atoms with E-state index < -0.39 is 0 Å². The first-order valence-electron chi connectivity index (χ1n) is 11.3. The molecule has 2 aliphatic heterocycles. The Morgan fingerprint density at radius 2 is 1.59 bits per heavy atom. The molecule has 0 bridgehead atoms. The first kappa shape index (κ1) is 21.0. The number of carbonyl (C=O) groups is 1. The quantitative estimate of drug-likeness (QED) is 0.458. The lowest BCUT2D eigenvalue weighted by atomic mass is 10.1. The minimum absolute atomic E-state index is 0.0568. The largest absolute Gasteiger partial charge is 0.463 e. The predicted molar refractivity (Wildman–Crippen MR) is 128 cm³/mol. The van der Waals surface area contributed by atoms with Gasteiger partial charge in [0, 0.05) is 17.1 Å². The summed E-state index contributed by atoms with van der Waals surface area (Å²) >= 11 is 5.94. The van der Waals surface area contributed by atoms with E-state index in [1.807, 2.05) is 65.6 Å². The lowest BCUT2D eigenvalue weighted by molar-refractivity contribution is 0.0718. The normalized spacial score (nSPS) is 16.6. The lowest BCUT2D eigenvalue weighted by Gasteiger charge is -2.26. The van der Waals surface area contributed by atoms with E-state index in [2.05, 4.69) is 11.0 Å². The van der Waals surface area contributed by atoms with Gasteiger partial charge < -0.3 is 9.32 Å². The first-order valence-corrected chi connectivity index (χ1v) is 11.7. The van der Waals surface area contributed by atoms with Crippen molar-refractivity contribution >= 4 is 29.7 Å². The van der Waals surface area contributed by atoms with Gasteiger partial charge >= 0.3 is 0 Å². The summed E-state index contributed by atoms with van der Waals surface area (Å²) in [6.45, 7) is 4.47. The summed E-state index contributed by atoms with van der Waals surface area (Å²) in [4.78, 5) is 17.4. The Kier molecular flexibility index (Phi) is 6.15. The fraction of sp³-hybridized carbons (Fsp3) is 0.296. The topological polar surface area (TPSA) is 36.7 Å². The number of likely N-dealkylation sites (tertiary alicyclic amines) is 1. The van der Waals surface area contributed by atoms with Gasteiger partial charge in [0.25, 0.3) is 5.91 Å². The number of amides is 1. The molecule has 0 aliphatic carbocycles. The monoisotopic (exact) mass is 446 g/mol. The van der Waals surface area contributed by atoms with Gasteiger partial charge in [-0.1, -0.05) is 48.0 Å². The van der Waals surface area contributed by atoms with Gasteiger partial charge in [-0.3, -0.25) is 9.69 Å². The van der Waals surface area contributed by atoms with Gasteiger partial charge in [0.1, 0.15) is 11.5 Å². The van der Waals surface area contributed by atoms with E-state index >= 15 is 0 Å². The molecule has 2 aromatic carbocycles. The summed E-state index contributed by atoms with van der Waals surface area (Å²) in [5, 5.41) is 0.729. The number of carbonyl (C=O) groups excluding carboxylic acids is 1. The van der Waals surface area contributed by atoms with Crippen LogP contribution in [0.1, 0.15) is 51.4 Å². The van der Waals surface area contributed by atoms with Crippen molar-refractivity contribution < 1.29 is 9.21 Å². The summed E-state index contributed by atoms with van der Waals surface area (Å²) in [6.07, 6.45) is 7.48. The van der Waals surface area contributed by atoms with E-state index in [1.54, 1.807) is 0 Å². The molecule has 3 aromatic rings. The molecular formula is C27H27ClN2O2. The van der Waals surface area contributed by atoms with Gasteiger partial charge in [-0.2, -0.15) is 0 Å². The number of hydrogen-bond acceptors (Lipinski definition) is 3. The molecule has 164 valence electrons. The van der Waals surface area contributed by atoms with Gasteiger partial charge in [-0.15, -0.1) is 0 Å². The van der Waals surface area contributed by atoms with Crippen molar-refractivity contribution in [3.05, 3.63) is 93.4 Å². The third-order valence-electron chi connectivity index (χ3n) is 6.29. The van der Waals surface area contributed by atoms with Gasteiger partial charge in [0.05, 0.1) is 13.1 Å². The molecule has 5 heteroatoms. The highest BCUT2D eigenvalue weighted by Crippen LogP contribution is 2.26. The van der Waals surface area contributed by atoms with E-state index in [9.17, 15) is 4.79 Å². The van der Waals surface area contributed by atoms with Gasteiger partial charge in [0.15, 0.2) is 0 Å². The molecule has 32 heavy (non-hydrogen) atoms. The maximum atomic E-state index is 13.1. The van der Waals surface area contributed by atoms with Gasteiger partial charge in [-0.25, -0.2) is 0 Å². The fourth-order valence-corrected chi connectivity index (χ4v) is 4.61. The van der Waals surface area contributed by atoms with Crippen LogP contribution >= 0.6 is 11.6 Å². The Labute approximate surface area is 194 Å². The third-order valence-corrected chi connectivity index (χ3v) is 6.55. The van der Waals surface area contributed by atoms with Crippen LogP contribution in [0.4, 0.5) is 0 Å². The van der Waals surface area contributed by atoms with Crippen molar-refractivity contribution in [2.24, 2.45) is 0 Å². The Hall–Kier alpha value is -2.82. The molecule has 1 fully saturated rings. The van der Waals surface area contributed by atoms with Crippen molar-refractivity contribution in [1.82, 2.24) is 9.80 Å². The van der Waals surface area contributed by atoms with Crippen LogP contribution in [-0.4, -0.2) is 35.3 Å². The second-order valence-corrected chi connectivity index (χ2v) is 9.06. The van der Waals surface area contributed by atoms with Crippen LogP contribution in [-0.2, 0) is 19.5 Å². The maximum absolute atomic E-state index is 13.1. The predicted octanol–water partition coefficient (Wildman–Crippen LogP) is 5.90. The maximum Gasteiger partial charge on any atom is 0.254 e. The molecule has 1 aromatic heterocycles. The van der Waals surface area contributed by atoms with Gasteiger partial charge in [-0.05, 0) is 79.4 Å². The van der Waals surface area contributed by atoms with Crippen molar-refractivity contribution in [3.63, 3.8) is 0 Å². The van der Waals surface area contributed by atoms with Crippen LogP contribution in [0.3, 0.4) is 0 Å². The van der Waals surface area contributed by atoms with Crippen molar-refractivity contribution in [2.75, 3.05) is 19.6 Å². The number of halogens is 1. The molecule has 4 nitrogen and oxygen atoms in total. The molecule has 1 saturated heterocycles. The molecule has 0 atom stereocenters. The average molecular weight is 447 g/mol. The highest BCUT2D eigenvalue weighted by molar-refractivity contribution is 6.30. The van der Waals surface area contributed by atoms with Crippen molar-refractivity contribution in [1.29, 1.82) is 0 Å². The summed E-state index contributed by atoms with van der Waals surface area (Å²) < 4.78 is 6.13. The molecule has 0 spiro atoms. The lowest BCUT2D eigenvalue weighted by Crippen LogP contribution is -2.35. The standard InChI is InChI=1S/C27H27ClN2O2/c28-24-11-7-21(8-12-24)4-3-20-5-9-22(10-6-20)27(31)30-16-13-23-17-25(32-26(23)19-30)18-29-14-1-2-15-29/h3-12,17H,1-2,13-16,18-19H2/b4-3-. The number of fused-ring (bicyclic) bond motifs is 1. The zero-order valence-electron chi connectivity index (χ0n) is 18.1. The number of furan rings is 1. The second kappa shape index (κ2) is 9.35. The van der Waals surface area contributed by atoms with Gasteiger partial charge in [0.2, 0.25) is 0 Å². The van der Waals surface area contributed by atoms with E-state index in [0.29, 0.717) is 12.1 Å².